The van der Waals surface area contributed by atoms with E-state index in [9.17, 15) is 18.4 Å². The van der Waals surface area contributed by atoms with Crippen molar-refractivity contribution >= 4 is 23.0 Å². The Hall–Kier alpha value is -3.69. The van der Waals surface area contributed by atoms with Crippen LogP contribution in [0.5, 0.6) is 11.7 Å². The summed E-state index contributed by atoms with van der Waals surface area (Å²) in [6.45, 7) is -0.00194. The van der Waals surface area contributed by atoms with Gasteiger partial charge in [0.1, 0.15) is 0 Å². The van der Waals surface area contributed by atoms with E-state index in [1.165, 1.54) is 24.2 Å². The molecule has 0 spiro atoms. The molecule has 0 aliphatic carbocycles. The highest BCUT2D eigenvalue weighted by Crippen LogP contribution is 2.36. The Morgan fingerprint density at radius 3 is 2.69 bits per heavy atom. The molecule has 0 unspecified atom stereocenters. The fraction of sp³-hybridized carbons (Fsp3) is 0.318. The standard InChI is InChI=1S/C22H21F2N3O5/c1-25-21(29)32-18-11-15-9-14(10-17(30-2)19(15)31-18)16-4-3-13(12-26-16)20(28)27-7-5-22(23,24)6-8-27/h3-4,9-12H,5-8H2,1-2H3,(H,25,29)/i2T. The van der Waals surface area contributed by atoms with Gasteiger partial charge in [-0.2, -0.15) is 0 Å². The molecule has 1 aliphatic heterocycles. The summed E-state index contributed by atoms with van der Waals surface area (Å²) in [6, 6.07) is 8.10. The van der Waals surface area contributed by atoms with E-state index in [0.717, 1.165) is 0 Å². The molecule has 0 bridgehead atoms. The minimum absolute atomic E-state index is 0.000969. The Bertz CT molecular complexity index is 1170. The summed E-state index contributed by atoms with van der Waals surface area (Å²) in [6.07, 6.45) is 0.00462. The molecular weight excluding hydrogens is 424 g/mol. The summed E-state index contributed by atoms with van der Waals surface area (Å²) in [7, 11) is 1.05. The van der Waals surface area contributed by atoms with Crippen molar-refractivity contribution in [1.82, 2.24) is 15.2 Å². The van der Waals surface area contributed by atoms with Crippen LogP contribution in [0.1, 0.15) is 24.6 Å². The first-order chi connectivity index (χ1) is 15.8. The first-order valence-electron chi connectivity index (χ1n) is 10.5. The first-order valence-corrected chi connectivity index (χ1v) is 9.82. The normalized spacial score (nSPS) is 15.8. The van der Waals surface area contributed by atoms with E-state index < -0.39 is 12.0 Å². The number of likely N-dealkylation sites (tertiary alicyclic amines) is 1. The van der Waals surface area contributed by atoms with Gasteiger partial charge in [0.25, 0.3) is 17.8 Å². The van der Waals surface area contributed by atoms with E-state index in [-0.39, 0.29) is 50.6 Å². The first kappa shape index (κ1) is 20.2. The number of methoxy groups -OCH3 is 1. The lowest BCUT2D eigenvalue weighted by atomic mass is 10.1. The topological polar surface area (TPSA) is 93.9 Å². The third-order valence-corrected chi connectivity index (χ3v) is 5.20. The van der Waals surface area contributed by atoms with E-state index in [4.69, 9.17) is 15.3 Å². The van der Waals surface area contributed by atoms with Crippen LogP contribution in [-0.4, -0.2) is 55.0 Å². The Morgan fingerprint density at radius 1 is 1.25 bits per heavy atom. The van der Waals surface area contributed by atoms with Gasteiger partial charge in [0.15, 0.2) is 11.3 Å². The van der Waals surface area contributed by atoms with Gasteiger partial charge in [0, 0.05) is 56.2 Å². The number of nitrogens with one attached hydrogen (secondary N) is 1. The zero-order chi connectivity index (χ0) is 23.6. The minimum atomic E-state index is -2.73. The molecule has 1 saturated heterocycles. The predicted octanol–water partition coefficient (Wildman–Crippen LogP) is 4.09. The number of fused-ring (bicyclic) bond motifs is 1. The molecule has 3 heterocycles. The number of benzene rings is 1. The molecule has 0 atom stereocenters. The highest BCUT2D eigenvalue weighted by Gasteiger charge is 2.35. The van der Waals surface area contributed by atoms with Gasteiger partial charge in [-0.25, -0.2) is 13.6 Å². The number of pyridine rings is 1. The third kappa shape index (κ3) is 4.34. The minimum Gasteiger partial charge on any atom is -0.493 e. The van der Waals surface area contributed by atoms with Gasteiger partial charge in [-0.3, -0.25) is 9.78 Å². The van der Waals surface area contributed by atoms with Gasteiger partial charge < -0.3 is 24.1 Å². The van der Waals surface area contributed by atoms with Crippen LogP contribution in [0.15, 0.2) is 40.9 Å². The fourth-order valence-corrected chi connectivity index (χ4v) is 3.46. The molecule has 2 aromatic heterocycles. The van der Waals surface area contributed by atoms with Crippen LogP contribution in [0, 0.1) is 0 Å². The number of ether oxygens (including phenoxy) is 2. The van der Waals surface area contributed by atoms with Crippen molar-refractivity contribution in [2.24, 2.45) is 0 Å². The van der Waals surface area contributed by atoms with E-state index in [1.807, 2.05) is 0 Å². The highest BCUT2D eigenvalue weighted by molar-refractivity contribution is 5.94. The van der Waals surface area contributed by atoms with Crippen molar-refractivity contribution < 1.29 is 33.6 Å². The lowest BCUT2D eigenvalue weighted by Gasteiger charge is -2.31. The Morgan fingerprint density at radius 2 is 2.03 bits per heavy atom. The van der Waals surface area contributed by atoms with Crippen LogP contribution in [0.4, 0.5) is 13.6 Å². The monoisotopic (exact) mass is 447 g/mol. The number of hydrogen-bond donors (Lipinski definition) is 1. The number of piperidine rings is 1. The molecule has 8 nitrogen and oxygen atoms in total. The number of amides is 2. The Kier molecular flexibility index (Phi) is 5.34. The average Bonchev–Trinajstić information content (AvgIpc) is 3.21. The SMILES string of the molecule is [3H]COc1cc(-c2ccc(C(=O)N3CCC(F)(F)CC3)cn2)cc2cc(OC(=O)NC)oc12. The second-order valence-corrected chi connectivity index (χ2v) is 7.32. The second-order valence-electron chi connectivity index (χ2n) is 7.32. The van der Waals surface area contributed by atoms with Gasteiger partial charge in [-0.05, 0) is 24.3 Å². The fourth-order valence-electron chi connectivity index (χ4n) is 3.46. The third-order valence-electron chi connectivity index (χ3n) is 5.20. The number of carbonyl (C=O) groups excluding carboxylic acids is 2. The maximum Gasteiger partial charge on any atom is 0.414 e. The summed E-state index contributed by atoms with van der Waals surface area (Å²) >= 11 is 0. The van der Waals surface area contributed by atoms with Crippen molar-refractivity contribution in [2.75, 3.05) is 27.2 Å². The number of hydrogen-bond acceptors (Lipinski definition) is 6. The van der Waals surface area contributed by atoms with E-state index in [0.29, 0.717) is 27.8 Å². The van der Waals surface area contributed by atoms with Crippen LogP contribution >= 0.6 is 0 Å². The second kappa shape index (κ2) is 8.45. The van der Waals surface area contributed by atoms with Gasteiger partial charge in [0.05, 0.1) is 19.7 Å². The van der Waals surface area contributed by atoms with Crippen molar-refractivity contribution in [3.05, 3.63) is 42.1 Å². The van der Waals surface area contributed by atoms with E-state index >= 15 is 0 Å². The lowest BCUT2D eigenvalue weighted by molar-refractivity contribution is -0.0494. The van der Waals surface area contributed by atoms with Crippen molar-refractivity contribution in [3.63, 3.8) is 0 Å². The van der Waals surface area contributed by atoms with Gasteiger partial charge in [-0.15, -0.1) is 0 Å². The van der Waals surface area contributed by atoms with Crippen LogP contribution in [0.25, 0.3) is 22.2 Å². The molecule has 10 heteroatoms. The van der Waals surface area contributed by atoms with Crippen LogP contribution in [-0.2, 0) is 0 Å². The molecular formula is C22H21F2N3O5. The number of aromatic nitrogens is 1. The van der Waals surface area contributed by atoms with Crippen LogP contribution in [0.3, 0.4) is 0 Å². The van der Waals surface area contributed by atoms with Crippen LogP contribution < -0.4 is 14.8 Å². The average molecular weight is 447 g/mol. The lowest BCUT2D eigenvalue weighted by Crippen LogP contribution is -2.42. The molecule has 1 aliphatic rings. The summed E-state index contributed by atoms with van der Waals surface area (Å²) in [5, 5.41) is 2.88. The Labute approximate surface area is 183 Å². The molecule has 1 fully saturated rings. The summed E-state index contributed by atoms with van der Waals surface area (Å²) in [5.41, 5.74) is 1.74. The van der Waals surface area contributed by atoms with Crippen molar-refractivity contribution in [3.8, 4) is 23.0 Å². The number of carbonyl (C=O) groups is 2. The number of rotatable bonds is 4. The molecule has 0 saturated carbocycles. The maximum absolute atomic E-state index is 13.4. The highest BCUT2D eigenvalue weighted by atomic mass is 19.3. The smallest absolute Gasteiger partial charge is 0.414 e. The number of halogens is 2. The predicted molar refractivity (Wildman–Crippen MR) is 111 cm³/mol. The zero-order valence-corrected chi connectivity index (χ0v) is 17.2. The molecule has 1 N–H and O–H groups in total. The number of alkyl halides is 2. The molecule has 0 radical (unpaired) electrons. The molecule has 4 rings (SSSR count). The van der Waals surface area contributed by atoms with E-state index in [2.05, 4.69) is 10.3 Å². The summed E-state index contributed by atoms with van der Waals surface area (Å²) in [4.78, 5) is 29.8. The quantitative estimate of drug-likeness (QED) is 0.648. The van der Waals surface area contributed by atoms with Gasteiger partial charge in [-0.1, -0.05) is 0 Å². The van der Waals surface area contributed by atoms with Crippen molar-refractivity contribution in [1.29, 1.82) is 0 Å². The maximum atomic E-state index is 13.4. The number of furan rings is 1. The Balaban J connectivity index is 1.59. The molecule has 168 valence electrons. The summed E-state index contributed by atoms with van der Waals surface area (Å²) < 4.78 is 50.0. The molecule has 3 aromatic rings. The zero-order valence-electron chi connectivity index (χ0n) is 18.2. The molecule has 2 amide bonds. The number of nitrogens with zero attached hydrogens (tertiary/aromatic N) is 2. The van der Waals surface area contributed by atoms with E-state index in [1.54, 1.807) is 24.3 Å². The van der Waals surface area contributed by atoms with Gasteiger partial charge >= 0.3 is 6.09 Å². The largest absolute Gasteiger partial charge is 0.493 e. The van der Waals surface area contributed by atoms with Crippen molar-refractivity contribution in [2.45, 2.75) is 18.8 Å². The molecule has 1 aromatic carbocycles. The molecule has 32 heavy (non-hydrogen) atoms. The summed E-state index contributed by atoms with van der Waals surface area (Å²) in [5.74, 6) is -2.85. The van der Waals surface area contributed by atoms with Gasteiger partial charge in [0.2, 0.25) is 0 Å². The van der Waals surface area contributed by atoms with Crippen LogP contribution in [0.2, 0.25) is 0 Å².